The second kappa shape index (κ2) is 28.3. The number of carbonyl (C=O) groups excluding carboxylic acids is 6. The fraction of sp³-hybridized carbons (Fsp3) is 0.750. The highest BCUT2D eigenvalue weighted by Crippen LogP contribution is 2.38. The average molecular weight is 1030 g/mol. The lowest BCUT2D eigenvalue weighted by molar-refractivity contribution is -0.265. The van der Waals surface area contributed by atoms with E-state index in [9.17, 15) is 49.2 Å². The minimum Gasteiger partial charge on any atom is -0.460 e. The number of amides is 1. The van der Waals surface area contributed by atoms with Crippen LogP contribution in [0.2, 0.25) is 0 Å². The first kappa shape index (κ1) is 61.6. The van der Waals surface area contributed by atoms with Crippen molar-refractivity contribution in [2.45, 2.75) is 187 Å². The molecule has 0 radical (unpaired) electrons. The molecule has 1 amide bonds. The van der Waals surface area contributed by atoms with Gasteiger partial charge < -0.3 is 53.7 Å². The van der Waals surface area contributed by atoms with Crippen molar-refractivity contribution in [3.05, 3.63) is 47.6 Å². The monoisotopic (exact) mass is 1030 g/mol. The standard InChI is InChI=1S/C56H87NO16/c1-33-17-13-12-14-18-34(2)45(68-9)29-41-22-20-39(7)56(67,73-41)51(63)52(64)57-24-16-15-19-42(57)53(65)71-46(30-43(60)35(3)26-38(6)49(62)50(70-11)48(61)37(5)25-33)36(4)27-40-21-23-44(47(28-40)69-10)72-54(66)55(8,31-58)32-59/h12-14,17-18,26,33,35-37,39-42,44-47,49-50,58-59,62,67H,15-16,19-25,27-32H2,1-11H3/b14-12+,17-13+,34-18+,38-26+/t33-,35-,36-,37-,39-,40+,41?,42+,44-,45+,46+,47-,49-,50+,56-/m1/s1. The van der Waals surface area contributed by atoms with E-state index in [1.165, 1.54) is 21.1 Å². The van der Waals surface area contributed by atoms with Gasteiger partial charge in [-0.2, -0.15) is 0 Å². The number of hydrogen-bond acceptors (Lipinski definition) is 16. The number of ether oxygens (including phenoxy) is 6. The number of rotatable bonds is 10. The fourth-order valence-corrected chi connectivity index (χ4v) is 10.7. The smallest absolute Gasteiger partial charge is 0.329 e. The van der Waals surface area contributed by atoms with Crippen molar-refractivity contribution >= 4 is 35.2 Å². The van der Waals surface area contributed by atoms with E-state index < -0.39 is 120 Å². The lowest BCUT2D eigenvalue weighted by Gasteiger charge is -2.42. The summed E-state index contributed by atoms with van der Waals surface area (Å²) in [5.41, 5.74) is -0.277. The first-order valence-corrected chi connectivity index (χ1v) is 26.4. The quantitative estimate of drug-likeness (QED) is 0.116. The summed E-state index contributed by atoms with van der Waals surface area (Å²) in [5.74, 6) is -9.36. The van der Waals surface area contributed by atoms with E-state index in [2.05, 4.69) is 0 Å². The maximum atomic E-state index is 14.5. The zero-order valence-corrected chi connectivity index (χ0v) is 45.3. The average Bonchev–Trinajstić information content (AvgIpc) is 3.37. The van der Waals surface area contributed by atoms with Crippen LogP contribution < -0.4 is 0 Å². The van der Waals surface area contributed by atoms with Gasteiger partial charge in [-0.15, -0.1) is 0 Å². The van der Waals surface area contributed by atoms with Crippen molar-refractivity contribution in [1.29, 1.82) is 0 Å². The SMILES string of the molecule is CO[C@H]1CC2CC[C@@H](C)[C@@](O)(O2)C(=O)C(=O)N2CCCC[C@H]2C(=O)O[C@H]([C@H](C)C[C@@H]2CC[C@@H](OC(=O)C(C)(CO)CO)[C@H](OC)C2)CC(=O)[C@H](C)/C=C(\C)[C@@H](O)[C@@H](OC)C(=O)[C@H](C)C[C@H](C)/C=C/C=C/C=C/1C. The Hall–Kier alpha value is -3.94. The Kier molecular flexibility index (Phi) is 23.9. The second-order valence-corrected chi connectivity index (χ2v) is 21.8. The summed E-state index contributed by atoms with van der Waals surface area (Å²) in [7, 11) is 4.43. The number of piperidine rings is 1. The van der Waals surface area contributed by atoms with Crippen LogP contribution in [0.3, 0.4) is 0 Å². The van der Waals surface area contributed by atoms with Gasteiger partial charge >= 0.3 is 11.9 Å². The highest BCUT2D eigenvalue weighted by Gasteiger charge is 2.53. The summed E-state index contributed by atoms with van der Waals surface area (Å²) in [5, 5.41) is 43.1. The molecule has 2 bridgehead atoms. The van der Waals surface area contributed by atoms with Gasteiger partial charge in [-0.1, -0.05) is 71.1 Å². The Bertz CT molecular complexity index is 2010. The maximum Gasteiger partial charge on any atom is 0.329 e. The molecule has 4 rings (SSSR count). The molecule has 0 aromatic rings. The summed E-state index contributed by atoms with van der Waals surface area (Å²) in [6.07, 6.45) is 9.76. The molecule has 17 nitrogen and oxygen atoms in total. The Morgan fingerprint density at radius 2 is 1.56 bits per heavy atom. The number of allylic oxidation sites excluding steroid dienone is 6. The molecule has 0 aromatic carbocycles. The molecule has 0 aromatic heterocycles. The van der Waals surface area contributed by atoms with E-state index >= 15 is 0 Å². The van der Waals surface area contributed by atoms with Crippen molar-refractivity contribution in [1.82, 2.24) is 4.90 Å². The van der Waals surface area contributed by atoms with Crippen LogP contribution in [0.25, 0.3) is 0 Å². The number of aliphatic hydroxyl groups excluding tert-OH is 3. The molecule has 1 unspecified atom stereocenters. The molecule has 3 fully saturated rings. The molecule has 3 aliphatic heterocycles. The molecular weight excluding hydrogens is 943 g/mol. The van der Waals surface area contributed by atoms with Crippen molar-refractivity contribution in [2.75, 3.05) is 41.1 Å². The number of ketones is 3. The first-order chi connectivity index (χ1) is 34.5. The predicted molar refractivity (Wildman–Crippen MR) is 271 cm³/mol. The number of fused-ring (bicyclic) bond motifs is 3. The maximum absolute atomic E-state index is 14.5. The summed E-state index contributed by atoms with van der Waals surface area (Å²) >= 11 is 0. The number of carbonyl (C=O) groups is 6. The molecule has 1 aliphatic carbocycles. The van der Waals surface area contributed by atoms with Gasteiger partial charge in [0.15, 0.2) is 5.78 Å². The van der Waals surface area contributed by atoms with E-state index in [1.807, 2.05) is 51.2 Å². The van der Waals surface area contributed by atoms with Crippen molar-refractivity contribution in [3.63, 3.8) is 0 Å². The van der Waals surface area contributed by atoms with E-state index in [4.69, 9.17) is 28.4 Å². The van der Waals surface area contributed by atoms with Gasteiger partial charge in [-0.3, -0.25) is 24.0 Å². The van der Waals surface area contributed by atoms with Gasteiger partial charge in [-0.25, -0.2) is 4.79 Å². The normalized spacial score (nSPS) is 37.4. The van der Waals surface area contributed by atoms with Gasteiger partial charge in [0, 0.05) is 58.5 Å². The van der Waals surface area contributed by atoms with E-state index in [0.29, 0.717) is 69.8 Å². The second-order valence-electron chi connectivity index (χ2n) is 21.8. The van der Waals surface area contributed by atoms with Crippen LogP contribution in [0, 0.1) is 40.9 Å². The molecule has 412 valence electrons. The van der Waals surface area contributed by atoms with Crippen LogP contribution in [-0.4, -0.2) is 156 Å². The molecule has 3 heterocycles. The Morgan fingerprint density at radius 3 is 2.21 bits per heavy atom. The van der Waals surface area contributed by atoms with Crippen LogP contribution in [0.15, 0.2) is 47.6 Å². The highest BCUT2D eigenvalue weighted by atomic mass is 16.6. The number of nitrogens with zero attached hydrogens (tertiary/aromatic N) is 1. The Labute approximate surface area is 433 Å². The van der Waals surface area contributed by atoms with Crippen LogP contribution in [0.5, 0.6) is 0 Å². The minimum atomic E-state index is -2.47. The molecule has 0 spiro atoms. The van der Waals surface area contributed by atoms with Crippen molar-refractivity contribution in [2.24, 2.45) is 40.9 Å². The number of aliphatic hydroxyl groups is 4. The van der Waals surface area contributed by atoms with Crippen LogP contribution >= 0.6 is 0 Å². The number of cyclic esters (lactones) is 1. The number of methoxy groups -OCH3 is 3. The highest BCUT2D eigenvalue weighted by molar-refractivity contribution is 6.39. The largest absolute Gasteiger partial charge is 0.460 e. The van der Waals surface area contributed by atoms with E-state index in [0.717, 1.165) is 10.5 Å². The molecule has 2 saturated heterocycles. The van der Waals surface area contributed by atoms with Gasteiger partial charge in [0.1, 0.15) is 41.7 Å². The first-order valence-electron chi connectivity index (χ1n) is 26.4. The molecule has 4 N–H and O–H groups in total. The number of hydrogen-bond donors (Lipinski definition) is 4. The zero-order chi connectivity index (χ0) is 54.4. The van der Waals surface area contributed by atoms with E-state index in [-0.39, 0.29) is 42.8 Å². The van der Waals surface area contributed by atoms with Crippen LogP contribution in [0.4, 0.5) is 0 Å². The third-order valence-corrected chi connectivity index (χ3v) is 15.9. The van der Waals surface area contributed by atoms with Crippen molar-refractivity contribution in [3.8, 4) is 0 Å². The van der Waals surface area contributed by atoms with Crippen molar-refractivity contribution < 1.29 is 77.6 Å². The minimum absolute atomic E-state index is 0.00697. The summed E-state index contributed by atoms with van der Waals surface area (Å²) in [6.45, 7) is 12.7. The zero-order valence-electron chi connectivity index (χ0n) is 45.3. The van der Waals surface area contributed by atoms with Gasteiger partial charge in [0.2, 0.25) is 5.79 Å². The Morgan fingerprint density at radius 1 is 0.863 bits per heavy atom. The number of Topliss-reactive ketones (excluding diaryl/α,β-unsaturated/α-hetero) is 3. The summed E-state index contributed by atoms with van der Waals surface area (Å²) < 4.78 is 35.4. The van der Waals surface area contributed by atoms with E-state index in [1.54, 1.807) is 40.9 Å². The molecule has 73 heavy (non-hydrogen) atoms. The lowest BCUT2D eigenvalue weighted by atomic mass is 9.78. The van der Waals surface area contributed by atoms with Crippen LogP contribution in [-0.2, 0) is 57.2 Å². The molecule has 15 atom stereocenters. The lowest BCUT2D eigenvalue weighted by Crippen LogP contribution is -2.61. The molecule has 17 heteroatoms. The predicted octanol–water partition coefficient (Wildman–Crippen LogP) is 5.72. The fourth-order valence-electron chi connectivity index (χ4n) is 10.7. The third-order valence-electron chi connectivity index (χ3n) is 15.9. The molecular formula is C56H87NO16. The number of esters is 2. The molecule has 1 saturated carbocycles. The summed E-state index contributed by atoms with van der Waals surface area (Å²) in [6, 6.07) is -1.20. The third kappa shape index (κ3) is 16.0. The van der Waals surface area contributed by atoms with Gasteiger partial charge in [0.05, 0.1) is 31.5 Å². The van der Waals surface area contributed by atoms with Crippen LogP contribution in [0.1, 0.15) is 132 Å². The topological polar surface area (TPSA) is 242 Å². The van der Waals surface area contributed by atoms with Gasteiger partial charge in [0.25, 0.3) is 11.7 Å². The summed E-state index contributed by atoms with van der Waals surface area (Å²) in [4.78, 5) is 85.4. The Balaban J connectivity index is 1.69. The van der Waals surface area contributed by atoms with Gasteiger partial charge in [-0.05, 0) is 114 Å². The molecule has 4 aliphatic rings.